The Bertz CT molecular complexity index is 783. The highest BCUT2D eigenvalue weighted by molar-refractivity contribution is 6.35. The Kier molecular flexibility index (Phi) is 6.97. The summed E-state index contributed by atoms with van der Waals surface area (Å²) in [5, 5.41) is 7.28. The van der Waals surface area contributed by atoms with Crippen LogP contribution in [-0.2, 0) is 11.3 Å². The third-order valence-electron chi connectivity index (χ3n) is 3.90. The number of nitrogens with zero attached hydrogens (tertiary/aromatic N) is 2. The summed E-state index contributed by atoms with van der Waals surface area (Å²) in [5.74, 6) is -0.653. The Morgan fingerprint density at radius 2 is 2.08 bits per heavy atom. The summed E-state index contributed by atoms with van der Waals surface area (Å²) in [5.41, 5.74) is -0.0782. The van der Waals surface area contributed by atoms with Gasteiger partial charge in [-0.25, -0.2) is 8.78 Å². The molecule has 0 aliphatic heterocycles. The van der Waals surface area contributed by atoms with E-state index in [1.165, 1.54) is 18.0 Å². The van der Waals surface area contributed by atoms with Crippen LogP contribution in [0.5, 0.6) is 0 Å². The Morgan fingerprint density at radius 1 is 1.38 bits per heavy atom. The van der Waals surface area contributed by atoms with Crippen LogP contribution in [0.25, 0.3) is 0 Å². The molecule has 0 saturated heterocycles. The lowest BCUT2D eigenvalue weighted by Gasteiger charge is -2.25. The van der Waals surface area contributed by atoms with E-state index in [1.807, 2.05) is 0 Å². The molecule has 1 amide bonds. The van der Waals surface area contributed by atoms with Crippen molar-refractivity contribution in [3.63, 3.8) is 0 Å². The Balaban J connectivity index is 2.23. The number of hydrogen-bond donors (Lipinski definition) is 1. The lowest BCUT2D eigenvalue weighted by Crippen LogP contribution is -2.38. The summed E-state index contributed by atoms with van der Waals surface area (Å²) in [6.07, 6.45) is -2.12. The molecule has 0 saturated carbocycles. The van der Waals surface area contributed by atoms with Crippen molar-refractivity contribution in [1.29, 1.82) is 0 Å². The molecule has 1 heterocycles. The summed E-state index contributed by atoms with van der Waals surface area (Å²) < 4.78 is 33.0. The molecule has 2 unspecified atom stereocenters. The number of amides is 1. The van der Waals surface area contributed by atoms with Crippen molar-refractivity contribution in [1.82, 2.24) is 15.1 Å². The molecule has 1 aromatic heterocycles. The molecule has 2 rings (SSSR count). The second kappa shape index (κ2) is 8.79. The van der Waals surface area contributed by atoms with Gasteiger partial charge in [0, 0.05) is 35.5 Å². The van der Waals surface area contributed by atoms with Gasteiger partial charge in [-0.2, -0.15) is 5.10 Å². The largest absolute Gasteiger partial charge is 0.375 e. The Hall–Kier alpha value is -1.70. The van der Waals surface area contributed by atoms with Gasteiger partial charge in [0.05, 0.1) is 11.6 Å². The highest BCUT2D eigenvalue weighted by atomic mass is 35.5. The van der Waals surface area contributed by atoms with Crippen LogP contribution < -0.4 is 5.32 Å². The fourth-order valence-corrected chi connectivity index (χ4v) is 3.14. The molecule has 9 heteroatoms. The molecule has 2 aromatic rings. The third kappa shape index (κ3) is 4.52. The number of aromatic nitrogens is 2. The van der Waals surface area contributed by atoms with Gasteiger partial charge in [0.2, 0.25) is 0 Å². The second-order valence-electron chi connectivity index (χ2n) is 5.67. The van der Waals surface area contributed by atoms with E-state index >= 15 is 0 Å². The van der Waals surface area contributed by atoms with E-state index in [0.717, 1.165) is 0 Å². The fourth-order valence-electron chi connectivity index (χ4n) is 2.63. The zero-order valence-corrected chi connectivity index (χ0v) is 16.0. The van der Waals surface area contributed by atoms with E-state index in [2.05, 4.69) is 10.4 Å². The molecule has 5 nitrogen and oxygen atoms in total. The Labute approximate surface area is 160 Å². The van der Waals surface area contributed by atoms with Crippen LogP contribution in [0, 0.1) is 0 Å². The monoisotopic (exact) mass is 405 g/mol. The van der Waals surface area contributed by atoms with E-state index in [0.29, 0.717) is 22.2 Å². The molecule has 1 aromatic carbocycles. The van der Waals surface area contributed by atoms with Crippen molar-refractivity contribution in [2.75, 3.05) is 7.11 Å². The van der Waals surface area contributed by atoms with Gasteiger partial charge in [-0.3, -0.25) is 9.48 Å². The van der Waals surface area contributed by atoms with E-state index in [4.69, 9.17) is 27.9 Å². The summed E-state index contributed by atoms with van der Waals surface area (Å²) in [7, 11) is 1.47. The number of carbonyl (C=O) groups excluding carboxylic acids is 1. The first-order valence-corrected chi connectivity index (χ1v) is 8.68. The predicted molar refractivity (Wildman–Crippen MR) is 96.0 cm³/mol. The number of benzene rings is 1. The van der Waals surface area contributed by atoms with Crippen LogP contribution in [0.1, 0.15) is 48.0 Å². The van der Waals surface area contributed by atoms with Crippen LogP contribution in [-0.4, -0.2) is 28.8 Å². The fraction of sp³-hybridized carbons (Fsp3) is 0.412. The van der Waals surface area contributed by atoms with Crippen LogP contribution in [0.2, 0.25) is 10.0 Å². The summed E-state index contributed by atoms with van der Waals surface area (Å²) in [4.78, 5) is 12.5. The molecule has 0 aliphatic carbocycles. The van der Waals surface area contributed by atoms with E-state index in [9.17, 15) is 13.6 Å². The van der Waals surface area contributed by atoms with Gasteiger partial charge >= 0.3 is 0 Å². The van der Waals surface area contributed by atoms with Gasteiger partial charge in [0.15, 0.2) is 0 Å². The first kappa shape index (κ1) is 20.6. The van der Waals surface area contributed by atoms with E-state index < -0.39 is 30.2 Å². The standard InChI is InChI=1S/C17H19Cl2F2N3O2/c1-4-24-8-12(14(23-24)16(20)21)17(25)22-9(2)15(26-3)11-6-5-10(18)7-13(11)19/h5-9,15-16H,4H2,1-3H3,(H,22,25). The number of alkyl halides is 2. The highest BCUT2D eigenvalue weighted by Crippen LogP contribution is 2.30. The second-order valence-corrected chi connectivity index (χ2v) is 6.51. The quantitative estimate of drug-likeness (QED) is 0.728. The van der Waals surface area contributed by atoms with Crippen molar-refractivity contribution < 1.29 is 18.3 Å². The van der Waals surface area contributed by atoms with Crippen molar-refractivity contribution in [3.05, 3.63) is 51.3 Å². The van der Waals surface area contributed by atoms with Gasteiger partial charge in [0.25, 0.3) is 12.3 Å². The number of ether oxygens (including phenoxy) is 1. The van der Waals surface area contributed by atoms with Gasteiger partial charge in [-0.15, -0.1) is 0 Å². The average Bonchev–Trinajstić information content (AvgIpc) is 3.02. The zero-order valence-electron chi connectivity index (χ0n) is 14.5. The van der Waals surface area contributed by atoms with Gasteiger partial charge < -0.3 is 10.1 Å². The maximum atomic E-state index is 13.1. The number of hydrogen-bond acceptors (Lipinski definition) is 3. The average molecular weight is 406 g/mol. The predicted octanol–water partition coefficient (Wildman–Crippen LogP) is 4.65. The molecular weight excluding hydrogens is 387 g/mol. The maximum absolute atomic E-state index is 13.1. The third-order valence-corrected chi connectivity index (χ3v) is 4.46. The van der Waals surface area contributed by atoms with Crippen molar-refractivity contribution in [3.8, 4) is 0 Å². The molecule has 0 fully saturated rings. The lowest BCUT2D eigenvalue weighted by molar-refractivity contribution is 0.0641. The Morgan fingerprint density at radius 3 is 2.62 bits per heavy atom. The number of nitrogens with one attached hydrogen (secondary N) is 1. The molecule has 2 atom stereocenters. The van der Waals surface area contributed by atoms with Crippen LogP contribution in [0.4, 0.5) is 8.78 Å². The van der Waals surface area contributed by atoms with Crippen molar-refractivity contribution in [2.45, 2.75) is 39.0 Å². The van der Waals surface area contributed by atoms with Crippen LogP contribution in [0.3, 0.4) is 0 Å². The maximum Gasteiger partial charge on any atom is 0.282 e. The number of aryl methyl sites for hydroxylation is 1. The normalized spacial score (nSPS) is 13.7. The molecular formula is C17H19Cl2F2N3O2. The summed E-state index contributed by atoms with van der Waals surface area (Å²) in [6, 6.07) is 4.38. The minimum absolute atomic E-state index is 0.161. The topological polar surface area (TPSA) is 56.2 Å². The van der Waals surface area contributed by atoms with Crippen LogP contribution in [0.15, 0.2) is 24.4 Å². The van der Waals surface area contributed by atoms with Crippen molar-refractivity contribution >= 4 is 29.1 Å². The van der Waals surface area contributed by atoms with Crippen LogP contribution >= 0.6 is 23.2 Å². The zero-order chi connectivity index (χ0) is 19.4. The first-order chi connectivity index (χ1) is 12.3. The number of carbonyl (C=O) groups is 1. The lowest BCUT2D eigenvalue weighted by atomic mass is 10.0. The van der Waals surface area contributed by atoms with Gasteiger partial charge in [-0.1, -0.05) is 29.3 Å². The molecule has 142 valence electrons. The van der Waals surface area contributed by atoms with E-state index in [1.54, 1.807) is 32.0 Å². The first-order valence-electron chi connectivity index (χ1n) is 7.92. The van der Waals surface area contributed by atoms with E-state index in [-0.39, 0.29) is 5.56 Å². The SMILES string of the molecule is CCn1cc(C(=O)NC(C)C(OC)c2ccc(Cl)cc2Cl)c(C(F)F)n1. The molecule has 0 aliphatic rings. The number of halogens is 4. The summed E-state index contributed by atoms with van der Waals surface area (Å²) >= 11 is 12.1. The summed E-state index contributed by atoms with van der Waals surface area (Å²) in [6.45, 7) is 3.82. The molecule has 0 bridgehead atoms. The smallest absolute Gasteiger partial charge is 0.282 e. The highest BCUT2D eigenvalue weighted by Gasteiger charge is 2.27. The molecule has 26 heavy (non-hydrogen) atoms. The number of rotatable bonds is 7. The minimum Gasteiger partial charge on any atom is -0.375 e. The van der Waals surface area contributed by atoms with Gasteiger partial charge in [-0.05, 0) is 26.0 Å². The molecule has 1 N–H and O–H groups in total. The molecule has 0 radical (unpaired) electrons. The van der Waals surface area contributed by atoms with Gasteiger partial charge in [0.1, 0.15) is 11.8 Å². The van der Waals surface area contributed by atoms with Crippen molar-refractivity contribution in [2.24, 2.45) is 0 Å². The minimum atomic E-state index is -2.84. The molecule has 0 spiro atoms. The number of methoxy groups -OCH3 is 1.